The molecule has 0 heterocycles. The Bertz CT molecular complexity index is 1270. The van der Waals surface area contributed by atoms with Gasteiger partial charge >= 0.3 is 0 Å². The van der Waals surface area contributed by atoms with Crippen molar-refractivity contribution in [3.63, 3.8) is 0 Å². The second-order valence-electron chi connectivity index (χ2n) is 6.93. The molecule has 154 valence electrons. The van der Waals surface area contributed by atoms with Crippen LogP contribution in [0.5, 0.6) is 5.75 Å². The zero-order chi connectivity index (χ0) is 21.8. The molecule has 1 N–H and O–H groups in total. The molecule has 0 unspecified atom stereocenters. The largest absolute Gasteiger partial charge is 0.493 e. The van der Waals surface area contributed by atoms with Crippen LogP contribution in [0.2, 0.25) is 5.02 Å². The van der Waals surface area contributed by atoms with Crippen LogP contribution in [0.1, 0.15) is 33.2 Å². The van der Waals surface area contributed by atoms with Gasteiger partial charge in [0.1, 0.15) is 5.75 Å². The number of rotatable bonds is 6. The third-order valence-corrected chi connectivity index (χ3v) is 5.16. The molecule has 4 rings (SSSR count). The average Bonchev–Trinajstić information content (AvgIpc) is 2.80. The Kier molecular flexibility index (Phi) is 6.01. The lowest BCUT2D eigenvalue weighted by Crippen LogP contribution is -2.17. The Morgan fingerprint density at radius 3 is 2.42 bits per heavy atom. The van der Waals surface area contributed by atoms with Crippen LogP contribution in [0.4, 0.5) is 5.69 Å². The molecule has 0 atom stereocenters. The molecule has 1 amide bonds. The van der Waals surface area contributed by atoms with E-state index in [-0.39, 0.29) is 11.7 Å². The predicted octanol–water partition coefficient (Wildman–Crippen LogP) is 6.38. The van der Waals surface area contributed by atoms with Gasteiger partial charge in [0.15, 0.2) is 5.78 Å². The second-order valence-corrected chi connectivity index (χ2v) is 7.37. The van der Waals surface area contributed by atoms with Crippen molar-refractivity contribution < 1.29 is 14.3 Å². The molecule has 0 aliphatic rings. The van der Waals surface area contributed by atoms with Crippen molar-refractivity contribution >= 4 is 39.8 Å². The molecule has 0 spiro atoms. The predicted molar refractivity (Wildman–Crippen MR) is 124 cm³/mol. The van der Waals surface area contributed by atoms with Crippen molar-refractivity contribution in [3.8, 4) is 5.75 Å². The summed E-state index contributed by atoms with van der Waals surface area (Å²) in [5.41, 5.74) is 1.65. The van der Waals surface area contributed by atoms with E-state index in [1.807, 2.05) is 43.3 Å². The van der Waals surface area contributed by atoms with E-state index in [1.165, 1.54) is 0 Å². The first-order chi connectivity index (χ1) is 15.1. The second kappa shape index (κ2) is 9.02. The van der Waals surface area contributed by atoms with Crippen molar-refractivity contribution in [3.05, 3.63) is 107 Å². The number of anilines is 1. The van der Waals surface area contributed by atoms with Gasteiger partial charge in [-0.2, -0.15) is 0 Å². The first-order valence-electron chi connectivity index (χ1n) is 9.93. The number of hydrogen-bond donors (Lipinski definition) is 1. The molecule has 0 bridgehead atoms. The summed E-state index contributed by atoms with van der Waals surface area (Å²) in [6, 6.07) is 25.1. The fraction of sp³-hybridized carbons (Fsp3) is 0.0769. The number of amides is 1. The first-order valence-corrected chi connectivity index (χ1v) is 10.3. The number of nitrogens with one attached hydrogen (secondary N) is 1. The number of carbonyl (C=O) groups excluding carboxylic acids is 2. The monoisotopic (exact) mass is 429 g/mol. The fourth-order valence-corrected chi connectivity index (χ4v) is 3.68. The SMILES string of the molecule is CCOc1ccc2ccccc2c1C(=O)Nc1ccc(Cl)cc1C(=O)c1ccccc1. The summed E-state index contributed by atoms with van der Waals surface area (Å²) in [7, 11) is 0. The standard InChI is InChI=1S/C26H20ClNO3/c1-2-31-23-15-12-17-8-6-7-11-20(17)24(23)26(30)28-22-14-13-19(27)16-21(22)25(29)18-9-4-3-5-10-18/h3-16H,2H2,1H3,(H,28,30). The van der Waals surface area contributed by atoms with Crippen molar-refractivity contribution in [1.29, 1.82) is 0 Å². The van der Waals surface area contributed by atoms with Gasteiger partial charge in [0.2, 0.25) is 0 Å². The van der Waals surface area contributed by atoms with Crippen LogP contribution < -0.4 is 10.1 Å². The fourth-order valence-electron chi connectivity index (χ4n) is 3.50. The van der Waals surface area contributed by atoms with Gasteiger partial charge in [0, 0.05) is 16.1 Å². The third kappa shape index (κ3) is 4.30. The highest BCUT2D eigenvalue weighted by Gasteiger charge is 2.20. The maximum absolute atomic E-state index is 13.4. The Balaban J connectivity index is 1.77. The van der Waals surface area contributed by atoms with Crippen LogP contribution in [-0.2, 0) is 0 Å². The minimum absolute atomic E-state index is 0.221. The molecule has 4 aromatic carbocycles. The molecular weight excluding hydrogens is 410 g/mol. The van der Waals surface area contributed by atoms with Gasteiger partial charge in [-0.15, -0.1) is 0 Å². The van der Waals surface area contributed by atoms with Gasteiger partial charge in [-0.3, -0.25) is 9.59 Å². The van der Waals surface area contributed by atoms with E-state index in [9.17, 15) is 9.59 Å². The van der Waals surface area contributed by atoms with Gasteiger partial charge in [0.05, 0.1) is 17.9 Å². The topological polar surface area (TPSA) is 55.4 Å². The number of benzene rings is 4. The molecule has 0 aromatic heterocycles. The molecule has 0 saturated heterocycles. The number of fused-ring (bicyclic) bond motifs is 1. The highest BCUT2D eigenvalue weighted by Crippen LogP contribution is 2.30. The molecule has 0 aliphatic carbocycles. The number of ketones is 1. The number of hydrogen-bond acceptors (Lipinski definition) is 3. The molecule has 5 heteroatoms. The van der Waals surface area contributed by atoms with E-state index in [1.54, 1.807) is 48.5 Å². The Morgan fingerprint density at radius 1 is 0.903 bits per heavy atom. The number of ether oxygens (including phenoxy) is 1. The molecule has 0 saturated carbocycles. The summed E-state index contributed by atoms with van der Waals surface area (Å²) >= 11 is 6.16. The minimum Gasteiger partial charge on any atom is -0.493 e. The lowest BCUT2D eigenvalue weighted by atomic mass is 10.00. The molecule has 31 heavy (non-hydrogen) atoms. The summed E-state index contributed by atoms with van der Waals surface area (Å²) < 4.78 is 5.72. The molecule has 0 aliphatic heterocycles. The normalized spacial score (nSPS) is 10.6. The van der Waals surface area contributed by atoms with Crippen LogP contribution in [0.3, 0.4) is 0 Å². The van der Waals surface area contributed by atoms with Gasteiger partial charge in [-0.1, -0.05) is 72.3 Å². The van der Waals surface area contributed by atoms with Gasteiger partial charge in [-0.25, -0.2) is 0 Å². The van der Waals surface area contributed by atoms with Crippen molar-refractivity contribution in [2.24, 2.45) is 0 Å². The summed E-state index contributed by atoms with van der Waals surface area (Å²) in [4.78, 5) is 26.5. The van der Waals surface area contributed by atoms with Crippen LogP contribution in [0, 0.1) is 0 Å². The van der Waals surface area contributed by atoms with E-state index in [0.717, 1.165) is 10.8 Å². The summed E-state index contributed by atoms with van der Waals surface area (Å²) in [5.74, 6) is -0.0883. The van der Waals surface area contributed by atoms with E-state index in [0.29, 0.717) is 39.8 Å². The average molecular weight is 430 g/mol. The maximum Gasteiger partial charge on any atom is 0.260 e. The number of carbonyl (C=O) groups is 2. The first kappa shape index (κ1) is 20.6. The van der Waals surface area contributed by atoms with Crippen molar-refractivity contribution in [2.45, 2.75) is 6.92 Å². The highest BCUT2D eigenvalue weighted by atomic mass is 35.5. The van der Waals surface area contributed by atoms with Crippen molar-refractivity contribution in [2.75, 3.05) is 11.9 Å². The smallest absolute Gasteiger partial charge is 0.260 e. The van der Waals surface area contributed by atoms with E-state index >= 15 is 0 Å². The van der Waals surface area contributed by atoms with Crippen molar-refractivity contribution in [1.82, 2.24) is 0 Å². The quantitative estimate of drug-likeness (QED) is 0.362. The van der Waals surface area contributed by atoms with Crippen LogP contribution in [0.15, 0.2) is 84.9 Å². The van der Waals surface area contributed by atoms with E-state index in [2.05, 4.69) is 5.32 Å². The molecule has 4 aromatic rings. The highest BCUT2D eigenvalue weighted by molar-refractivity contribution is 6.31. The van der Waals surface area contributed by atoms with E-state index < -0.39 is 0 Å². The lowest BCUT2D eigenvalue weighted by molar-refractivity contribution is 0.102. The summed E-state index contributed by atoms with van der Waals surface area (Å²) in [5, 5.41) is 5.01. The Hall–Kier alpha value is -3.63. The molecule has 0 radical (unpaired) electrons. The Morgan fingerprint density at radius 2 is 1.65 bits per heavy atom. The molecule has 0 fully saturated rings. The summed E-state index contributed by atoms with van der Waals surface area (Å²) in [6.45, 7) is 2.30. The van der Waals surface area contributed by atoms with Crippen LogP contribution in [-0.4, -0.2) is 18.3 Å². The maximum atomic E-state index is 13.4. The van der Waals surface area contributed by atoms with Gasteiger partial charge < -0.3 is 10.1 Å². The Labute approximate surface area is 185 Å². The van der Waals surface area contributed by atoms with Gasteiger partial charge in [-0.05, 0) is 42.0 Å². The number of halogens is 1. The minimum atomic E-state index is -0.357. The van der Waals surface area contributed by atoms with E-state index in [4.69, 9.17) is 16.3 Å². The van der Waals surface area contributed by atoms with Crippen LogP contribution >= 0.6 is 11.6 Å². The zero-order valence-corrected chi connectivity index (χ0v) is 17.6. The lowest BCUT2D eigenvalue weighted by Gasteiger charge is -2.15. The van der Waals surface area contributed by atoms with Crippen LogP contribution in [0.25, 0.3) is 10.8 Å². The zero-order valence-electron chi connectivity index (χ0n) is 16.9. The van der Waals surface area contributed by atoms with Gasteiger partial charge in [0.25, 0.3) is 5.91 Å². The summed E-state index contributed by atoms with van der Waals surface area (Å²) in [6.07, 6.45) is 0. The molecular formula is C26H20ClNO3. The molecule has 4 nitrogen and oxygen atoms in total. The third-order valence-electron chi connectivity index (χ3n) is 4.93.